The summed E-state index contributed by atoms with van der Waals surface area (Å²) in [6.45, 7) is 0. The Morgan fingerprint density at radius 3 is 1.57 bits per heavy atom. The molecule has 2 aromatic heterocycles. The summed E-state index contributed by atoms with van der Waals surface area (Å²) in [4.78, 5) is 0. The molecule has 0 saturated carbocycles. The first-order valence-corrected chi connectivity index (χ1v) is 16.2. The Hall–Kier alpha value is -6.25. The molecule has 0 unspecified atom stereocenters. The van der Waals surface area contributed by atoms with Gasteiger partial charge >= 0.3 is 0 Å². The second kappa shape index (κ2) is 10.1. The zero-order valence-electron chi connectivity index (χ0n) is 25.6. The summed E-state index contributed by atoms with van der Waals surface area (Å²) in [6, 6.07) is 61.5. The topological polar surface area (TPSA) is 17.3 Å². The standard InChI is InChI=1S/C45H28N2/c1-2-14-31(15-3-1)42-28-32-16-6-9-19-35(32)45-43(40-22-10-20-36-33-17-7-4-12-29(33)24-26-38(36)40)44(46-47(42)45)41-23-11-21-37-34-18-8-5-13-30(34)25-27-39(37)41/h1-28H. The first kappa shape index (κ1) is 26.0. The fraction of sp³-hybridized carbons (Fsp3) is 0. The Morgan fingerprint density at radius 2 is 0.894 bits per heavy atom. The summed E-state index contributed by atoms with van der Waals surface area (Å²) < 4.78 is 2.20. The summed E-state index contributed by atoms with van der Waals surface area (Å²) in [5, 5.41) is 17.9. The fourth-order valence-corrected chi connectivity index (χ4v) is 7.65. The van der Waals surface area contributed by atoms with Crippen LogP contribution in [0.5, 0.6) is 0 Å². The van der Waals surface area contributed by atoms with Crippen molar-refractivity contribution in [3.8, 4) is 33.6 Å². The number of aromatic nitrogens is 2. The van der Waals surface area contributed by atoms with E-state index in [9.17, 15) is 0 Å². The van der Waals surface area contributed by atoms with E-state index < -0.39 is 0 Å². The van der Waals surface area contributed by atoms with E-state index in [1.54, 1.807) is 0 Å². The molecule has 2 heteroatoms. The molecule has 218 valence electrons. The highest BCUT2D eigenvalue weighted by Gasteiger charge is 2.24. The molecule has 2 heterocycles. The van der Waals surface area contributed by atoms with Gasteiger partial charge in [0.1, 0.15) is 5.69 Å². The average Bonchev–Trinajstić information content (AvgIpc) is 3.55. The van der Waals surface area contributed by atoms with Gasteiger partial charge in [-0.25, -0.2) is 4.52 Å². The molecule has 47 heavy (non-hydrogen) atoms. The monoisotopic (exact) mass is 596 g/mol. The summed E-state index contributed by atoms with van der Waals surface area (Å²) in [6.07, 6.45) is 0. The second-order valence-corrected chi connectivity index (χ2v) is 12.3. The minimum atomic E-state index is 0.986. The van der Waals surface area contributed by atoms with Crippen LogP contribution in [0.4, 0.5) is 0 Å². The minimum Gasteiger partial charge on any atom is -0.231 e. The predicted molar refractivity (Wildman–Crippen MR) is 199 cm³/mol. The lowest BCUT2D eigenvalue weighted by molar-refractivity contribution is 0.980. The third-order valence-corrected chi connectivity index (χ3v) is 9.79. The number of hydrogen-bond donors (Lipinski definition) is 0. The van der Waals surface area contributed by atoms with E-state index in [-0.39, 0.29) is 0 Å². The molecule has 0 atom stereocenters. The van der Waals surface area contributed by atoms with Crippen LogP contribution in [0.25, 0.3) is 93.0 Å². The molecule has 10 aromatic rings. The van der Waals surface area contributed by atoms with Crippen LogP contribution in [0.2, 0.25) is 0 Å². The number of rotatable bonds is 3. The first-order chi connectivity index (χ1) is 23.3. The summed E-state index contributed by atoms with van der Waals surface area (Å²) in [7, 11) is 0. The summed E-state index contributed by atoms with van der Waals surface area (Å²) >= 11 is 0. The van der Waals surface area contributed by atoms with Crippen molar-refractivity contribution in [2.45, 2.75) is 0 Å². The number of pyridine rings is 1. The third kappa shape index (κ3) is 3.89. The van der Waals surface area contributed by atoms with Crippen molar-refractivity contribution in [2.24, 2.45) is 0 Å². The Labute approximate surface area is 271 Å². The van der Waals surface area contributed by atoms with E-state index in [1.165, 1.54) is 59.4 Å². The van der Waals surface area contributed by atoms with Crippen LogP contribution in [-0.2, 0) is 0 Å². The number of benzene rings is 8. The average molecular weight is 597 g/mol. The molecular weight excluding hydrogens is 569 g/mol. The highest BCUT2D eigenvalue weighted by molar-refractivity contribution is 6.19. The van der Waals surface area contributed by atoms with E-state index in [0.29, 0.717) is 0 Å². The van der Waals surface area contributed by atoms with E-state index in [2.05, 4.69) is 174 Å². The molecule has 0 fully saturated rings. The lowest BCUT2D eigenvalue weighted by Gasteiger charge is -2.13. The van der Waals surface area contributed by atoms with Crippen molar-refractivity contribution in [1.82, 2.24) is 9.61 Å². The molecular formula is C45H28N2. The molecule has 0 saturated heterocycles. The minimum absolute atomic E-state index is 0.986. The normalized spacial score (nSPS) is 11.8. The van der Waals surface area contributed by atoms with Gasteiger partial charge in [-0.3, -0.25) is 0 Å². The molecule has 0 N–H and O–H groups in total. The largest absolute Gasteiger partial charge is 0.231 e. The van der Waals surface area contributed by atoms with Gasteiger partial charge in [0.05, 0.1) is 11.2 Å². The predicted octanol–water partition coefficient (Wildman–Crippen LogP) is 12.1. The molecule has 10 rings (SSSR count). The third-order valence-electron chi connectivity index (χ3n) is 9.79. The van der Waals surface area contributed by atoms with E-state index in [1.807, 2.05) is 0 Å². The smallest absolute Gasteiger partial charge is 0.102 e. The van der Waals surface area contributed by atoms with Gasteiger partial charge in [0.15, 0.2) is 0 Å². The summed E-state index contributed by atoms with van der Waals surface area (Å²) in [5.41, 5.74) is 7.79. The van der Waals surface area contributed by atoms with Crippen LogP contribution in [0.3, 0.4) is 0 Å². The van der Waals surface area contributed by atoms with E-state index >= 15 is 0 Å². The number of nitrogens with zero attached hydrogens (tertiary/aromatic N) is 2. The SMILES string of the molecule is c1ccc(-c2cc3ccccc3c3c(-c4cccc5c4ccc4ccccc45)c(-c4cccc5c4ccc4ccccc45)nn23)cc1. The maximum absolute atomic E-state index is 5.60. The van der Waals surface area contributed by atoms with Gasteiger partial charge in [0.2, 0.25) is 0 Å². The van der Waals surface area contributed by atoms with Gasteiger partial charge in [-0.05, 0) is 60.1 Å². The van der Waals surface area contributed by atoms with Gasteiger partial charge < -0.3 is 0 Å². The molecule has 0 bridgehead atoms. The fourth-order valence-electron chi connectivity index (χ4n) is 7.65. The van der Waals surface area contributed by atoms with Crippen LogP contribution in [0.1, 0.15) is 0 Å². The molecule has 0 amide bonds. The molecule has 0 aliphatic rings. The maximum Gasteiger partial charge on any atom is 0.102 e. The Morgan fingerprint density at radius 1 is 0.362 bits per heavy atom. The van der Waals surface area contributed by atoms with Crippen molar-refractivity contribution >= 4 is 59.4 Å². The maximum atomic E-state index is 5.60. The van der Waals surface area contributed by atoms with Gasteiger partial charge in [-0.1, -0.05) is 164 Å². The van der Waals surface area contributed by atoms with Crippen LogP contribution in [0.15, 0.2) is 170 Å². The molecule has 0 spiro atoms. The Kier molecular flexibility index (Phi) is 5.61. The van der Waals surface area contributed by atoms with Crippen molar-refractivity contribution < 1.29 is 0 Å². The zero-order chi connectivity index (χ0) is 30.9. The van der Waals surface area contributed by atoms with Crippen LogP contribution in [0, 0.1) is 0 Å². The molecule has 2 nitrogen and oxygen atoms in total. The van der Waals surface area contributed by atoms with Crippen molar-refractivity contribution in [2.75, 3.05) is 0 Å². The number of fused-ring (bicyclic) bond motifs is 9. The van der Waals surface area contributed by atoms with Crippen LogP contribution >= 0.6 is 0 Å². The molecule has 0 radical (unpaired) electrons. The van der Waals surface area contributed by atoms with Crippen molar-refractivity contribution in [3.63, 3.8) is 0 Å². The van der Waals surface area contributed by atoms with Crippen molar-refractivity contribution in [1.29, 1.82) is 0 Å². The molecule has 8 aromatic carbocycles. The van der Waals surface area contributed by atoms with Gasteiger partial charge in [-0.2, -0.15) is 5.10 Å². The van der Waals surface area contributed by atoms with Crippen LogP contribution in [-0.4, -0.2) is 9.61 Å². The van der Waals surface area contributed by atoms with Gasteiger partial charge in [-0.15, -0.1) is 0 Å². The highest BCUT2D eigenvalue weighted by Crippen LogP contribution is 2.45. The first-order valence-electron chi connectivity index (χ1n) is 16.2. The lowest BCUT2D eigenvalue weighted by Crippen LogP contribution is -1.95. The van der Waals surface area contributed by atoms with Gasteiger partial charge in [0.25, 0.3) is 0 Å². The van der Waals surface area contributed by atoms with E-state index in [0.717, 1.165) is 33.6 Å². The van der Waals surface area contributed by atoms with Gasteiger partial charge in [0, 0.05) is 22.1 Å². The quantitative estimate of drug-likeness (QED) is 0.185. The molecule has 0 aliphatic heterocycles. The van der Waals surface area contributed by atoms with E-state index in [4.69, 9.17) is 5.10 Å². The highest BCUT2D eigenvalue weighted by atomic mass is 15.2. The lowest BCUT2D eigenvalue weighted by atomic mass is 9.90. The zero-order valence-corrected chi connectivity index (χ0v) is 25.6. The second-order valence-electron chi connectivity index (χ2n) is 12.3. The van der Waals surface area contributed by atoms with Crippen molar-refractivity contribution in [3.05, 3.63) is 170 Å². The number of hydrogen-bond acceptors (Lipinski definition) is 1. The Balaban J connectivity index is 1.42. The summed E-state index contributed by atoms with van der Waals surface area (Å²) in [5.74, 6) is 0. The van der Waals surface area contributed by atoms with Crippen LogP contribution < -0.4 is 0 Å². The molecule has 0 aliphatic carbocycles. The Bertz CT molecular complexity index is 2840.